The zero-order chi connectivity index (χ0) is 20.4. The number of ketones is 1. The molecule has 3 unspecified atom stereocenters. The van der Waals surface area contributed by atoms with Gasteiger partial charge in [0.25, 0.3) is 0 Å². The Morgan fingerprint density at radius 2 is 2.04 bits per heavy atom. The van der Waals surface area contributed by atoms with Gasteiger partial charge in [-0.3, -0.25) is 14.4 Å². The first-order valence-corrected chi connectivity index (χ1v) is 9.65. The molecule has 1 aliphatic rings. The molecule has 1 aromatic carbocycles. The van der Waals surface area contributed by atoms with E-state index in [1.165, 1.54) is 0 Å². The monoisotopic (exact) mass is 406 g/mol. The van der Waals surface area contributed by atoms with Crippen LogP contribution in [0.2, 0.25) is 5.02 Å². The highest BCUT2D eigenvalue weighted by Crippen LogP contribution is 2.42. The molecule has 150 valence electrons. The molecule has 1 fully saturated rings. The molecule has 1 amide bonds. The number of benzene rings is 1. The number of halogens is 1. The molecular formula is C20H23ClN2O5. The van der Waals surface area contributed by atoms with Crippen molar-refractivity contribution in [2.24, 2.45) is 17.6 Å². The number of rotatable bonds is 9. The lowest BCUT2D eigenvalue weighted by Gasteiger charge is -2.07. The predicted octanol–water partition coefficient (Wildman–Crippen LogP) is 2.91. The van der Waals surface area contributed by atoms with Crippen LogP contribution in [0.25, 0.3) is 11.0 Å². The van der Waals surface area contributed by atoms with E-state index in [0.29, 0.717) is 48.4 Å². The number of carbonyl (C=O) groups excluding carboxylic acids is 2. The van der Waals surface area contributed by atoms with Crippen LogP contribution in [0.15, 0.2) is 22.6 Å². The van der Waals surface area contributed by atoms with Crippen molar-refractivity contribution in [3.63, 3.8) is 0 Å². The van der Waals surface area contributed by atoms with Crippen LogP contribution in [0.3, 0.4) is 0 Å². The van der Waals surface area contributed by atoms with Crippen molar-refractivity contribution in [2.45, 2.75) is 38.6 Å². The van der Waals surface area contributed by atoms with E-state index < -0.39 is 12.0 Å². The molecule has 2 aromatic rings. The summed E-state index contributed by atoms with van der Waals surface area (Å²) in [7, 11) is 0. The molecule has 0 aliphatic heterocycles. The first kappa shape index (κ1) is 20.4. The number of furan rings is 1. The summed E-state index contributed by atoms with van der Waals surface area (Å²) in [5.41, 5.74) is 6.45. The number of amides is 1. The molecule has 0 spiro atoms. The van der Waals surface area contributed by atoms with Gasteiger partial charge in [-0.2, -0.15) is 0 Å². The lowest BCUT2D eigenvalue weighted by atomic mass is 10.0. The number of fused-ring (bicyclic) bond motifs is 1. The smallest absolute Gasteiger partial charge is 0.320 e. The van der Waals surface area contributed by atoms with Gasteiger partial charge in [-0.05, 0) is 50.8 Å². The lowest BCUT2D eigenvalue weighted by Crippen LogP contribution is -2.30. The molecule has 1 saturated carbocycles. The summed E-state index contributed by atoms with van der Waals surface area (Å²) in [5.74, 6) is -1.24. The van der Waals surface area contributed by atoms with Crippen LogP contribution in [-0.4, -0.2) is 35.4 Å². The molecule has 28 heavy (non-hydrogen) atoms. The average molecular weight is 407 g/mol. The van der Waals surface area contributed by atoms with Gasteiger partial charge >= 0.3 is 5.97 Å². The summed E-state index contributed by atoms with van der Waals surface area (Å²) >= 11 is 6.25. The molecule has 0 radical (unpaired) electrons. The Bertz CT molecular complexity index is 923. The Balaban J connectivity index is 1.49. The SMILES string of the molecule is Cc1cc2c(Cl)cc(C(=O)C3CC3C(=O)NCCCCC(N)C(=O)O)cc2o1. The van der Waals surface area contributed by atoms with Gasteiger partial charge in [-0.1, -0.05) is 11.6 Å². The molecule has 8 heteroatoms. The molecule has 0 saturated heterocycles. The third-order valence-electron chi connectivity index (χ3n) is 5.02. The van der Waals surface area contributed by atoms with E-state index in [0.717, 1.165) is 11.1 Å². The van der Waals surface area contributed by atoms with Crippen LogP contribution in [0.1, 0.15) is 41.8 Å². The third-order valence-corrected chi connectivity index (χ3v) is 5.33. The number of nitrogens with one attached hydrogen (secondary N) is 1. The van der Waals surface area contributed by atoms with Crippen molar-refractivity contribution >= 4 is 40.2 Å². The largest absolute Gasteiger partial charge is 0.480 e. The standard InChI is InChI=1S/C20H23ClN2O5/c1-10-6-14-15(21)7-11(8-17(14)28-10)18(24)12-9-13(12)19(25)23-5-3-2-4-16(22)20(26)27/h6-8,12-13,16H,2-5,9,22H2,1H3,(H,23,25)(H,26,27). The Morgan fingerprint density at radius 1 is 1.29 bits per heavy atom. The zero-order valence-corrected chi connectivity index (χ0v) is 16.3. The zero-order valence-electron chi connectivity index (χ0n) is 15.5. The van der Waals surface area contributed by atoms with Crippen molar-refractivity contribution in [2.75, 3.05) is 6.54 Å². The number of carbonyl (C=O) groups is 3. The maximum Gasteiger partial charge on any atom is 0.320 e. The van der Waals surface area contributed by atoms with Crippen LogP contribution in [0.4, 0.5) is 0 Å². The number of carboxylic acid groups (broad SMARTS) is 1. The maximum absolute atomic E-state index is 12.7. The predicted molar refractivity (Wildman–Crippen MR) is 104 cm³/mol. The van der Waals surface area contributed by atoms with Gasteiger partial charge in [0.15, 0.2) is 5.78 Å². The second-order valence-electron chi connectivity index (χ2n) is 7.27. The summed E-state index contributed by atoms with van der Waals surface area (Å²) in [6.07, 6.45) is 2.14. The van der Waals surface area contributed by atoms with Gasteiger partial charge < -0.3 is 20.6 Å². The Hall–Kier alpha value is -2.38. The van der Waals surface area contributed by atoms with E-state index >= 15 is 0 Å². The number of Topliss-reactive ketones (excluding diaryl/α,β-unsaturated/α-hetero) is 1. The van der Waals surface area contributed by atoms with Crippen molar-refractivity contribution in [3.05, 3.63) is 34.5 Å². The lowest BCUT2D eigenvalue weighted by molar-refractivity contribution is -0.138. The Labute approximate surface area is 167 Å². The summed E-state index contributed by atoms with van der Waals surface area (Å²) in [4.78, 5) is 35.5. The highest BCUT2D eigenvalue weighted by molar-refractivity contribution is 6.35. The topological polar surface area (TPSA) is 123 Å². The minimum atomic E-state index is -1.02. The number of aliphatic carboxylic acids is 1. The molecule has 3 rings (SSSR count). The van der Waals surface area contributed by atoms with Crippen LogP contribution in [0, 0.1) is 18.8 Å². The first-order chi connectivity index (χ1) is 13.3. The molecule has 1 heterocycles. The fraction of sp³-hybridized carbons (Fsp3) is 0.450. The minimum absolute atomic E-state index is 0.106. The minimum Gasteiger partial charge on any atom is -0.480 e. The van der Waals surface area contributed by atoms with E-state index in [1.807, 2.05) is 13.0 Å². The fourth-order valence-electron chi connectivity index (χ4n) is 3.31. The van der Waals surface area contributed by atoms with Crippen molar-refractivity contribution in [1.82, 2.24) is 5.32 Å². The van der Waals surface area contributed by atoms with Gasteiger partial charge in [0.2, 0.25) is 5.91 Å². The number of nitrogens with two attached hydrogens (primary N) is 1. The van der Waals surface area contributed by atoms with Crippen molar-refractivity contribution in [3.8, 4) is 0 Å². The van der Waals surface area contributed by atoms with Crippen LogP contribution < -0.4 is 11.1 Å². The highest BCUT2D eigenvalue weighted by Gasteiger charge is 2.48. The maximum atomic E-state index is 12.7. The third kappa shape index (κ3) is 4.54. The van der Waals surface area contributed by atoms with E-state index in [4.69, 9.17) is 26.9 Å². The average Bonchev–Trinajstić information content (AvgIpc) is 3.35. The van der Waals surface area contributed by atoms with Crippen LogP contribution in [0.5, 0.6) is 0 Å². The first-order valence-electron chi connectivity index (χ1n) is 9.28. The molecule has 1 aromatic heterocycles. The van der Waals surface area contributed by atoms with Gasteiger partial charge in [0.1, 0.15) is 17.4 Å². The van der Waals surface area contributed by atoms with Crippen molar-refractivity contribution in [1.29, 1.82) is 0 Å². The molecule has 1 aliphatic carbocycles. The van der Waals surface area contributed by atoms with Crippen molar-refractivity contribution < 1.29 is 23.9 Å². The van der Waals surface area contributed by atoms with Gasteiger partial charge in [-0.25, -0.2) is 0 Å². The van der Waals surface area contributed by atoms with E-state index in [9.17, 15) is 14.4 Å². The Kier molecular flexibility index (Phi) is 6.05. The van der Waals surface area contributed by atoms with Gasteiger partial charge in [-0.15, -0.1) is 0 Å². The normalized spacial score (nSPS) is 19.4. The molecular weight excluding hydrogens is 384 g/mol. The summed E-state index contributed by atoms with van der Waals surface area (Å²) in [6, 6.07) is 4.25. The summed E-state index contributed by atoms with van der Waals surface area (Å²) in [5, 5.41) is 12.7. The second-order valence-corrected chi connectivity index (χ2v) is 7.68. The quantitative estimate of drug-likeness (QED) is 0.434. The van der Waals surface area contributed by atoms with Crippen LogP contribution >= 0.6 is 11.6 Å². The van der Waals surface area contributed by atoms with Gasteiger partial charge in [0, 0.05) is 29.3 Å². The highest BCUT2D eigenvalue weighted by atomic mass is 35.5. The summed E-state index contributed by atoms with van der Waals surface area (Å²) in [6.45, 7) is 2.25. The molecule has 4 N–H and O–H groups in total. The number of carboxylic acids is 1. The Morgan fingerprint density at radius 3 is 2.75 bits per heavy atom. The van der Waals surface area contributed by atoms with Gasteiger partial charge in [0.05, 0.1) is 5.02 Å². The molecule has 7 nitrogen and oxygen atoms in total. The number of unbranched alkanes of at least 4 members (excludes halogenated alkanes) is 1. The van der Waals surface area contributed by atoms with Crippen LogP contribution in [-0.2, 0) is 9.59 Å². The molecule has 3 atom stereocenters. The summed E-state index contributed by atoms with van der Waals surface area (Å²) < 4.78 is 5.56. The van der Waals surface area contributed by atoms with E-state index in [2.05, 4.69) is 5.32 Å². The fourth-order valence-corrected chi connectivity index (χ4v) is 3.57. The van der Waals surface area contributed by atoms with E-state index in [-0.39, 0.29) is 23.5 Å². The molecule has 0 bridgehead atoms. The number of aryl methyl sites for hydroxylation is 1. The van der Waals surface area contributed by atoms with E-state index in [1.54, 1.807) is 12.1 Å². The second kappa shape index (κ2) is 8.32. The number of hydrogen-bond acceptors (Lipinski definition) is 5. The number of hydrogen-bond donors (Lipinski definition) is 3.